The monoisotopic (exact) mass is 265 g/mol. The van der Waals surface area contributed by atoms with Gasteiger partial charge in [-0.15, -0.1) is 0 Å². The lowest BCUT2D eigenvalue weighted by atomic mass is 10.0. The first-order valence-corrected chi connectivity index (χ1v) is 6.89. The van der Waals surface area contributed by atoms with Crippen LogP contribution in [0.15, 0.2) is 12.1 Å². The van der Waals surface area contributed by atoms with Crippen molar-refractivity contribution in [2.24, 2.45) is 5.73 Å². The third kappa shape index (κ3) is 4.48. The van der Waals surface area contributed by atoms with Crippen LogP contribution in [0, 0.1) is 6.92 Å². The molecule has 0 spiro atoms. The SMILES string of the molecule is CCCN(Cc1cc(OC)cc(C)n1)C(C)(C)CN. The van der Waals surface area contributed by atoms with Crippen LogP contribution in [0.2, 0.25) is 0 Å². The van der Waals surface area contributed by atoms with Crippen molar-refractivity contribution < 1.29 is 4.74 Å². The Morgan fingerprint density at radius 1 is 1.37 bits per heavy atom. The fourth-order valence-corrected chi connectivity index (χ4v) is 2.09. The van der Waals surface area contributed by atoms with Crippen molar-refractivity contribution in [1.29, 1.82) is 0 Å². The Kier molecular flexibility index (Phi) is 5.76. The average Bonchev–Trinajstić information content (AvgIpc) is 2.37. The van der Waals surface area contributed by atoms with Gasteiger partial charge in [-0.1, -0.05) is 6.92 Å². The first-order chi connectivity index (χ1) is 8.92. The molecule has 1 aromatic rings. The van der Waals surface area contributed by atoms with E-state index < -0.39 is 0 Å². The number of rotatable bonds is 7. The molecule has 0 aromatic carbocycles. The molecule has 1 rings (SSSR count). The Labute approximate surface area is 117 Å². The second-order valence-electron chi connectivity index (χ2n) is 5.58. The summed E-state index contributed by atoms with van der Waals surface area (Å²) in [6.45, 7) is 11.0. The maximum Gasteiger partial charge on any atom is 0.122 e. The standard InChI is InChI=1S/C15H27N3O/c1-6-7-18(15(3,4)11-16)10-13-9-14(19-5)8-12(2)17-13/h8-9H,6-7,10-11,16H2,1-5H3. The number of hydrogen-bond acceptors (Lipinski definition) is 4. The molecule has 1 aromatic heterocycles. The molecule has 0 fully saturated rings. The van der Waals surface area contributed by atoms with Crippen LogP contribution < -0.4 is 10.5 Å². The van der Waals surface area contributed by atoms with Gasteiger partial charge in [0.25, 0.3) is 0 Å². The largest absolute Gasteiger partial charge is 0.497 e. The number of ether oxygens (including phenoxy) is 1. The van der Waals surface area contributed by atoms with E-state index in [1.807, 2.05) is 19.1 Å². The van der Waals surface area contributed by atoms with Crippen LogP contribution in [0.4, 0.5) is 0 Å². The maximum atomic E-state index is 5.89. The summed E-state index contributed by atoms with van der Waals surface area (Å²) in [4.78, 5) is 6.97. The van der Waals surface area contributed by atoms with Crippen molar-refractivity contribution >= 4 is 0 Å². The molecular formula is C15H27N3O. The van der Waals surface area contributed by atoms with Crippen molar-refractivity contribution in [2.45, 2.75) is 46.2 Å². The first kappa shape index (κ1) is 15.9. The highest BCUT2D eigenvalue weighted by Crippen LogP contribution is 2.19. The Morgan fingerprint density at radius 2 is 2.05 bits per heavy atom. The molecule has 0 aliphatic heterocycles. The number of aryl methyl sites for hydroxylation is 1. The fraction of sp³-hybridized carbons (Fsp3) is 0.667. The highest BCUT2D eigenvalue weighted by molar-refractivity contribution is 5.26. The number of nitrogens with two attached hydrogens (primary N) is 1. The number of pyridine rings is 1. The van der Waals surface area contributed by atoms with E-state index in [9.17, 15) is 0 Å². The zero-order valence-corrected chi connectivity index (χ0v) is 12.9. The van der Waals surface area contributed by atoms with E-state index in [1.165, 1.54) is 0 Å². The fourth-order valence-electron chi connectivity index (χ4n) is 2.09. The second-order valence-corrected chi connectivity index (χ2v) is 5.58. The van der Waals surface area contributed by atoms with Crippen molar-refractivity contribution in [2.75, 3.05) is 20.2 Å². The molecule has 0 saturated heterocycles. The van der Waals surface area contributed by atoms with Crippen molar-refractivity contribution in [3.8, 4) is 5.75 Å². The Balaban J connectivity index is 2.93. The lowest BCUT2D eigenvalue weighted by Gasteiger charge is -2.37. The van der Waals surface area contributed by atoms with Crippen LogP contribution in [-0.2, 0) is 6.54 Å². The molecule has 0 atom stereocenters. The quantitative estimate of drug-likeness (QED) is 0.822. The van der Waals surface area contributed by atoms with Gasteiger partial charge in [0, 0.05) is 36.5 Å². The molecule has 0 saturated carbocycles. The molecule has 0 bridgehead atoms. The molecule has 108 valence electrons. The Morgan fingerprint density at radius 3 is 2.58 bits per heavy atom. The van der Waals surface area contributed by atoms with Crippen LogP contribution in [0.1, 0.15) is 38.6 Å². The van der Waals surface area contributed by atoms with Crippen molar-refractivity contribution in [3.05, 3.63) is 23.5 Å². The van der Waals surface area contributed by atoms with Gasteiger partial charge in [-0.05, 0) is 33.7 Å². The van der Waals surface area contributed by atoms with Crippen LogP contribution in [-0.4, -0.2) is 35.6 Å². The van der Waals surface area contributed by atoms with Gasteiger partial charge in [-0.2, -0.15) is 0 Å². The average molecular weight is 265 g/mol. The van der Waals surface area contributed by atoms with E-state index in [-0.39, 0.29) is 5.54 Å². The molecule has 19 heavy (non-hydrogen) atoms. The van der Waals surface area contributed by atoms with Crippen LogP contribution in [0.3, 0.4) is 0 Å². The van der Waals surface area contributed by atoms with Crippen LogP contribution in [0.25, 0.3) is 0 Å². The molecule has 0 unspecified atom stereocenters. The molecule has 0 radical (unpaired) electrons. The number of hydrogen-bond donors (Lipinski definition) is 1. The van der Waals surface area contributed by atoms with Crippen LogP contribution in [0.5, 0.6) is 5.75 Å². The number of nitrogens with zero attached hydrogens (tertiary/aromatic N) is 2. The van der Waals surface area contributed by atoms with Gasteiger partial charge >= 0.3 is 0 Å². The van der Waals surface area contributed by atoms with E-state index >= 15 is 0 Å². The molecular weight excluding hydrogens is 238 g/mol. The minimum atomic E-state index is -0.0192. The second kappa shape index (κ2) is 6.87. The van der Waals surface area contributed by atoms with E-state index in [1.54, 1.807) is 7.11 Å². The van der Waals surface area contributed by atoms with Gasteiger partial charge in [0.15, 0.2) is 0 Å². The summed E-state index contributed by atoms with van der Waals surface area (Å²) in [5.74, 6) is 0.865. The summed E-state index contributed by atoms with van der Waals surface area (Å²) in [6.07, 6.45) is 1.10. The van der Waals surface area contributed by atoms with Crippen molar-refractivity contribution in [1.82, 2.24) is 9.88 Å². The van der Waals surface area contributed by atoms with E-state index in [4.69, 9.17) is 10.5 Å². The van der Waals surface area contributed by atoms with Gasteiger partial charge in [0.1, 0.15) is 5.75 Å². The molecule has 0 aliphatic rings. The predicted molar refractivity (Wildman–Crippen MR) is 79.4 cm³/mol. The van der Waals surface area contributed by atoms with Crippen LogP contribution >= 0.6 is 0 Å². The zero-order chi connectivity index (χ0) is 14.5. The summed E-state index contributed by atoms with van der Waals surface area (Å²) in [5.41, 5.74) is 7.89. The minimum Gasteiger partial charge on any atom is -0.497 e. The first-order valence-electron chi connectivity index (χ1n) is 6.89. The summed E-state index contributed by atoms with van der Waals surface area (Å²) in [7, 11) is 1.69. The molecule has 0 aliphatic carbocycles. The van der Waals surface area contributed by atoms with E-state index in [2.05, 4.69) is 30.7 Å². The molecule has 4 heteroatoms. The maximum absolute atomic E-state index is 5.89. The number of methoxy groups -OCH3 is 1. The minimum absolute atomic E-state index is 0.0192. The number of aromatic nitrogens is 1. The summed E-state index contributed by atoms with van der Waals surface area (Å²) in [5, 5.41) is 0. The van der Waals surface area contributed by atoms with Gasteiger partial charge in [-0.3, -0.25) is 9.88 Å². The van der Waals surface area contributed by atoms with Gasteiger partial charge < -0.3 is 10.5 Å². The van der Waals surface area contributed by atoms with E-state index in [0.717, 1.165) is 36.6 Å². The molecule has 0 amide bonds. The Hall–Kier alpha value is -1.13. The highest BCUT2D eigenvalue weighted by atomic mass is 16.5. The van der Waals surface area contributed by atoms with Gasteiger partial charge in [0.05, 0.1) is 12.8 Å². The summed E-state index contributed by atoms with van der Waals surface area (Å²) < 4.78 is 5.31. The third-order valence-electron chi connectivity index (χ3n) is 3.42. The topological polar surface area (TPSA) is 51.4 Å². The summed E-state index contributed by atoms with van der Waals surface area (Å²) in [6, 6.07) is 3.95. The smallest absolute Gasteiger partial charge is 0.122 e. The van der Waals surface area contributed by atoms with Gasteiger partial charge in [-0.25, -0.2) is 0 Å². The Bertz CT molecular complexity index is 404. The normalized spacial score (nSPS) is 11.9. The zero-order valence-electron chi connectivity index (χ0n) is 12.9. The highest BCUT2D eigenvalue weighted by Gasteiger charge is 2.25. The van der Waals surface area contributed by atoms with E-state index in [0.29, 0.717) is 6.54 Å². The lowest BCUT2D eigenvalue weighted by Crippen LogP contribution is -2.49. The lowest BCUT2D eigenvalue weighted by molar-refractivity contribution is 0.116. The predicted octanol–water partition coefficient (Wildman–Crippen LogP) is 2.35. The molecule has 4 nitrogen and oxygen atoms in total. The summed E-state index contributed by atoms with van der Waals surface area (Å²) >= 11 is 0. The van der Waals surface area contributed by atoms with Gasteiger partial charge in [0.2, 0.25) is 0 Å². The molecule has 1 heterocycles. The van der Waals surface area contributed by atoms with Crippen molar-refractivity contribution in [3.63, 3.8) is 0 Å². The molecule has 2 N–H and O–H groups in total. The third-order valence-corrected chi connectivity index (χ3v) is 3.42.